The highest BCUT2D eigenvalue weighted by molar-refractivity contribution is 6.22. The maximum absolute atomic E-state index is 13.0. The Morgan fingerprint density at radius 3 is 2.40 bits per heavy atom. The molecule has 4 unspecified atom stereocenters. The van der Waals surface area contributed by atoms with Gasteiger partial charge in [-0.25, -0.2) is 4.90 Å². The van der Waals surface area contributed by atoms with E-state index in [0.717, 1.165) is 23.2 Å². The third-order valence-corrected chi connectivity index (χ3v) is 6.43. The summed E-state index contributed by atoms with van der Waals surface area (Å²) in [6.45, 7) is 1.93. The molecule has 1 aliphatic heterocycles. The smallest absolute Gasteiger partial charge is 0.248 e. The minimum atomic E-state index is -0.236. The number of imide groups is 1. The molecule has 5 rings (SSSR count). The number of carbonyl (C=O) groups is 3. The van der Waals surface area contributed by atoms with Gasteiger partial charge in [0.2, 0.25) is 17.7 Å². The van der Waals surface area contributed by atoms with Crippen LogP contribution >= 0.6 is 0 Å². The van der Waals surface area contributed by atoms with Crippen LogP contribution in [0.4, 0.5) is 11.4 Å². The van der Waals surface area contributed by atoms with Crippen LogP contribution in [-0.4, -0.2) is 17.7 Å². The predicted octanol–water partition coefficient (Wildman–Crippen LogP) is 3.96. The molecule has 5 heteroatoms. The Morgan fingerprint density at radius 1 is 1.00 bits per heavy atom. The van der Waals surface area contributed by atoms with Crippen molar-refractivity contribution >= 4 is 35.2 Å². The maximum Gasteiger partial charge on any atom is 0.248 e. The van der Waals surface area contributed by atoms with Crippen molar-refractivity contribution in [3.63, 3.8) is 0 Å². The Bertz CT molecular complexity index is 1090. The lowest BCUT2D eigenvalue weighted by molar-refractivity contribution is -0.123. The number of hydrogen-bond acceptors (Lipinski definition) is 3. The van der Waals surface area contributed by atoms with Crippen LogP contribution in [0.1, 0.15) is 17.5 Å². The van der Waals surface area contributed by atoms with Crippen molar-refractivity contribution in [1.29, 1.82) is 0 Å². The molecule has 2 fully saturated rings. The number of para-hydroxylation sites is 1. The number of aryl methyl sites for hydroxylation is 1. The van der Waals surface area contributed by atoms with E-state index < -0.39 is 0 Å². The first-order valence-electron chi connectivity index (χ1n) is 10.2. The summed E-state index contributed by atoms with van der Waals surface area (Å²) in [6.07, 6.45) is 8.24. The lowest BCUT2D eigenvalue weighted by atomic mass is 9.85. The van der Waals surface area contributed by atoms with E-state index >= 15 is 0 Å². The van der Waals surface area contributed by atoms with Crippen LogP contribution in [0.25, 0.3) is 6.08 Å². The van der Waals surface area contributed by atoms with Crippen LogP contribution in [0.2, 0.25) is 0 Å². The van der Waals surface area contributed by atoms with Crippen LogP contribution in [0, 0.1) is 30.6 Å². The first-order valence-corrected chi connectivity index (χ1v) is 10.2. The van der Waals surface area contributed by atoms with Crippen molar-refractivity contribution in [2.24, 2.45) is 23.7 Å². The number of nitrogens with zero attached hydrogens (tertiary/aromatic N) is 1. The second-order valence-electron chi connectivity index (χ2n) is 8.24. The van der Waals surface area contributed by atoms with Crippen molar-refractivity contribution in [2.75, 3.05) is 10.2 Å². The number of fused-ring (bicyclic) bond motifs is 5. The van der Waals surface area contributed by atoms with Crippen molar-refractivity contribution in [3.8, 4) is 0 Å². The highest BCUT2D eigenvalue weighted by Gasteiger charge is 2.59. The number of nitrogens with one attached hydrogen (secondary N) is 1. The number of allylic oxidation sites excluding steroid dienone is 2. The van der Waals surface area contributed by atoms with Crippen LogP contribution in [0.15, 0.2) is 66.8 Å². The molecule has 3 aliphatic rings. The highest BCUT2D eigenvalue weighted by Crippen LogP contribution is 2.53. The number of carbonyl (C=O) groups excluding carboxylic acids is 3. The van der Waals surface area contributed by atoms with Crippen molar-refractivity contribution in [1.82, 2.24) is 0 Å². The van der Waals surface area contributed by atoms with E-state index in [1.807, 2.05) is 37.3 Å². The summed E-state index contributed by atoms with van der Waals surface area (Å²) in [4.78, 5) is 39.6. The normalized spacial score (nSPS) is 26.6. The Hall–Kier alpha value is -3.47. The average Bonchev–Trinajstić information content (AvgIpc) is 3.42. The van der Waals surface area contributed by atoms with Gasteiger partial charge in [0.25, 0.3) is 0 Å². The SMILES string of the molecule is Cc1ccccc1NC(=O)/C=C\c1cccc(N2C(=O)C3C4C=CC(C4)C3C2=O)c1. The third-order valence-electron chi connectivity index (χ3n) is 6.43. The van der Waals surface area contributed by atoms with E-state index in [4.69, 9.17) is 0 Å². The van der Waals surface area contributed by atoms with Crippen molar-refractivity contribution in [2.45, 2.75) is 13.3 Å². The summed E-state index contributed by atoms with van der Waals surface area (Å²) in [5, 5.41) is 2.86. The van der Waals surface area contributed by atoms with Gasteiger partial charge in [0, 0.05) is 11.8 Å². The molecule has 5 nitrogen and oxygen atoms in total. The Balaban J connectivity index is 1.33. The van der Waals surface area contributed by atoms with Crippen molar-refractivity contribution < 1.29 is 14.4 Å². The Morgan fingerprint density at radius 2 is 1.70 bits per heavy atom. The second-order valence-corrected chi connectivity index (χ2v) is 8.24. The van der Waals surface area contributed by atoms with Crippen LogP contribution < -0.4 is 10.2 Å². The molecule has 2 aromatic carbocycles. The van der Waals surface area contributed by atoms with Gasteiger partial charge in [-0.05, 0) is 60.6 Å². The van der Waals surface area contributed by atoms with E-state index in [1.165, 1.54) is 11.0 Å². The number of anilines is 2. The van der Waals surface area contributed by atoms with Gasteiger partial charge in [-0.1, -0.05) is 42.5 Å². The molecule has 1 saturated carbocycles. The zero-order valence-electron chi connectivity index (χ0n) is 16.6. The first-order chi connectivity index (χ1) is 14.5. The van der Waals surface area contributed by atoms with Crippen molar-refractivity contribution in [3.05, 3.63) is 77.9 Å². The van der Waals surface area contributed by atoms with Gasteiger partial charge >= 0.3 is 0 Å². The van der Waals surface area contributed by atoms with E-state index in [0.29, 0.717) is 5.69 Å². The van der Waals surface area contributed by atoms with E-state index in [2.05, 4.69) is 17.5 Å². The summed E-state index contributed by atoms with van der Waals surface area (Å²) in [5.41, 5.74) is 3.08. The Labute approximate surface area is 175 Å². The lowest BCUT2D eigenvalue weighted by Gasteiger charge is -2.17. The average molecular weight is 398 g/mol. The van der Waals surface area contributed by atoms with E-state index in [1.54, 1.807) is 24.3 Å². The third kappa shape index (κ3) is 2.98. The molecule has 1 N–H and O–H groups in total. The molecule has 3 amide bonds. The number of amides is 3. The molecule has 0 aromatic heterocycles. The summed E-state index contributed by atoms with van der Waals surface area (Å²) in [6, 6.07) is 14.8. The topological polar surface area (TPSA) is 66.5 Å². The first kappa shape index (κ1) is 18.6. The lowest BCUT2D eigenvalue weighted by Crippen LogP contribution is -2.32. The van der Waals surface area contributed by atoms with Crippen LogP contribution in [0.5, 0.6) is 0 Å². The largest absolute Gasteiger partial charge is 0.322 e. The van der Waals surface area contributed by atoms with Gasteiger partial charge in [-0.3, -0.25) is 14.4 Å². The summed E-state index contributed by atoms with van der Waals surface area (Å²) in [5.74, 6) is -0.483. The molecule has 30 heavy (non-hydrogen) atoms. The monoisotopic (exact) mass is 398 g/mol. The molecular formula is C25H22N2O3. The fourth-order valence-electron chi connectivity index (χ4n) is 4.98. The highest BCUT2D eigenvalue weighted by atomic mass is 16.2. The molecule has 4 atom stereocenters. The predicted molar refractivity (Wildman–Crippen MR) is 115 cm³/mol. The summed E-state index contributed by atoms with van der Waals surface area (Å²) < 4.78 is 0. The Kier molecular flexibility index (Phi) is 4.39. The molecule has 1 saturated heterocycles. The minimum absolute atomic E-state index is 0.0970. The zero-order valence-corrected chi connectivity index (χ0v) is 16.6. The fourth-order valence-corrected chi connectivity index (χ4v) is 4.98. The van der Waals surface area contributed by atoms with E-state index in [9.17, 15) is 14.4 Å². The van der Waals surface area contributed by atoms with Gasteiger partial charge in [0.05, 0.1) is 17.5 Å². The second kappa shape index (κ2) is 7.10. The maximum atomic E-state index is 13.0. The molecule has 0 spiro atoms. The molecule has 2 aliphatic carbocycles. The number of hydrogen-bond donors (Lipinski definition) is 1. The van der Waals surface area contributed by atoms with Gasteiger partial charge in [-0.15, -0.1) is 0 Å². The summed E-state index contributed by atoms with van der Waals surface area (Å²) >= 11 is 0. The van der Waals surface area contributed by atoms with Crippen LogP contribution in [-0.2, 0) is 14.4 Å². The fraction of sp³-hybridized carbons (Fsp3) is 0.240. The minimum Gasteiger partial charge on any atom is -0.322 e. The van der Waals surface area contributed by atoms with Gasteiger partial charge in [-0.2, -0.15) is 0 Å². The number of benzene rings is 2. The van der Waals surface area contributed by atoms with Gasteiger partial charge in [0.15, 0.2) is 0 Å². The van der Waals surface area contributed by atoms with Crippen LogP contribution in [0.3, 0.4) is 0 Å². The molecule has 2 aromatic rings. The standard InChI is InChI=1S/C25H22N2O3/c1-15-5-2-3-8-20(15)26-21(28)12-9-16-6-4-7-19(13-16)27-24(29)22-17-10-11-18(14-17)23(22)25(27)30/h2-13,17-18,22-23H,14H2,1H3,(H,26,28)/b12-9-. The van der Waals surface area contributed by atoms with E-state index in [-0.39, 0.29) is 41.4 Å². The molecule has 2 bridgehead atoms. The van der Waals surface area contributed by atoms with Gasteiger partial charge < -0.3 is 5.32 Å². The molecule has 0 radical (unpaired) electrons. The number of rotatable bonds is 4. The zero-order chi connectivity index (χ0) is 20.8. The molecule has 150 valence electrons. The van der Waals surface area contributed by atoms with Gasteiger partial charge in [0.1, 0.15) is 0 Å². The molecule has 1 heterocycles. The quantitative estimate of drug-likeness (QED) is 0.482. The summed E-state index contributed by atoms with van der Waals surface area (Å²) in [7, 11) is 0. The molecular weight excluding hydrogens is 376 g/mol.